The van der Waals surface area contributed by atoms with Gasteiger partial charge < -0.3 is 18.9 Å². The van der Waals surface area contributed by atoms with Gasteiger partial charge >= 0.3 is 0 Å². The van der Waals surface area contributed by atoms with E-state index in [0.29, 0.717) is 13.2 Å². The van der Waals surface area contributed by atoms with Crippen molar-refractivity contribution in [1.82, 2.24) is 0 Å². The quantitative estimate of drug-likeness (QED) is 0.260. The Bertz CT molecular complexity index is 621. The maximum absolute atomic E-state index is 5.74. The van der Waals surface area contributed by atoms with Gasteiger partial charge in [0.25, 0.3) is 0 Å². The van der Waals surface area contributed by atoms with Crippen LogP contribution in [0.1, 0.15) is 11.1 Å². The fourth-order valence-electron chi connectivity index (χ4n) is 2.13. The lowest BCUT2D eigenvalue weighted by Crippen LogP contribution is -2.09. The number of halogens is 2. The molecule has 0 saturated carbocycles. The number of ether oxygens (including phenoxy) is 4. The molecule has 0 unspecified atom stereocenters. The predicted octanol–water partition coefficient (Wildman–Crippen LogP) is 4.49. The molecule has 0 bridgehead atoms. The normalized spacial score (nSPS) is 10.7. The van der Waals surface area contributed by atoms with Crippen LogP contribution in [0.4, 0.5) is 0 Å². The Morgan fingerprint density at radius 3 is 2.12 bits per heavy atom. The molecule has 0 atom stereocenters. The largest absolute Gasteiger partial charge is 0.497 e. The van der Waals surface area contributed by atoms with Gasteiger partial charge in [0.2, 0.25) is 0 Å². The first-order valence-corrected chi connectivity index (χ1v) is 9.60. The summed E-state index contributed by atoms with van der Waals surface area (Å²) in [7, 11) is 3.33. The lowest BCUT2D eigenvalue weighted by molar-refractivity contribution is -0.00922. The Morgan fingerprint density at radius 2 is 1.54 bits per heavy atom. The summed E-state index contributed by atoms with van der Waals surface area (Å²) in [5, 5.41) is 0. The van der Waals surface area contributed by atoms with Crippen molar-refractivity contribution in [3.05, 3.63) is 54.7 Å². The summed E-state index contributed by atoms with van der Waals surface area (Å²) < 4.78 is 23.4. The smallest absolute Gasteiger partial charge is 0.189 e. The maximum Gasteiger partial charge on any atom is 0.189 e. The molecule has 0 saturated heterocycles. The van der Waals surface area contributed by atoms with Gasteiger partial charge in [-0.3, -0.25) is 0 Å². The van der Waals surface area contributed by atoms with E-state index in [1.165, 1.54) is 11.1 Å². The minimum Gasteiger partial charge on any atom is -0.497 e. The van der Waals surface area contributed by atoms with E-state index in [4.69, 9.17) is 18.9 Å². The van der Waals surface area contributed by atoms with E-state index in [-0.39, 0.29) is 6.79 Å². The van der Waals surface area contributed by atoms with Gasteiger partial charge in [0, 0.05) is 7.11 Å². The molecule has 0 aliphatic heterocycles. The zero-order chi connectivity index (χ0) is 17.4. The molecule has 0 aromatic heterocycles. The predicted molar refractivity (Wildman–Crippen MR) is 111 cm³/mol. The number of hydrogen-bond acceptors (Lipinski definition) is 4. The highest BCUT2D eigenvalue weighted by atomic mass is 127. The van der Waals surface area contributed by atoms with Crippen molar-refractivity contribution in [2.24, 2.45) is 0 Å². The molecule has 24 heavy (non-hydrogen) atoms. The van der Waals surface area contributed by atoms with E-state index < -0.39 is 0 Å². The molecular weight excluding hydrogens is 534 g/mol. The average molecular weight is 554 g/mol. The Hall–Kier alpha value is -0.580. The Morgan fingerprint density at radius 1 is 0.875 bits per heavy atom. The molecule has 2 rings (SSSR count). The second-order valence-corrected chi connectivity index (χ2v) is 7.40. The van der Waals surface area contributed by atoms with E-state index in [0.717, 1.165) is 25.1 Å². The fraction of sp³-hybridized carbons (Fsp3) is 0.333. The number of rotatable bonds is 9. The Labute approximate surface area is 170 Å². The van der Waals surface area contributed by atoms with Crippen LogP contribution in [0.25, 0.3) is 0 Å². The average Bonchev–Trinajstić information content (AvgIpc) is 2.57. The molecule has 0 spiro atoms. The summed E-state index contributed by atoms with van der Waals surface area (Å²) in [5.74, 6) is 1.74. The van der Waals surface area contributed by atoms with Crippen molar-refractivity contribution in [1.29, 1.82) is 0 Å². The van der Waals surface area contributed by atoms with Crippen LogP contribution in [0.3, 0.4) is 0 Å². The summed E-state index contributed by atoms with van der Waals surface area (Å²) in [6.45, 7) is 1.32. The molecule has 2 aromatic rings. The van der Waals surface area contributed by atoms with Gasteiger partial charge in [-0.25, -0.2) is 0 Å². The molecular formula is C18H20I2O4. The molecule has 0 aliphatic rings. The highest BCUT2D eigenvalue weighted by molar-refractivity contribution is 14.1. The van der Waals surface area contributed by atoms with Gasteiger partial charge in [-0.15, -0.1) is 0 Å². The SMILES string of the molecule is COCCOCOc1c(I)cc(Cc2ccc(OC)cc2)cc1I. The monoisotopic (exact) mass is 554 g/mol. The Balaban J connectivity index is 1.99. The van der Waals surface area contributed by atoms with Crippen LogP contribution >= 0.6 is 45.2 Å². The first-order chi connectivity index (χ1) is 11.6. The van der Waals surface area contributed by atoms with E-state index in [9.17, 15) is 0 Å². The minimum absolute atomic E-state index is 0.229. The van der Waals surface area contributed by atoms with Crippen LogP contribution in [-0.2, 0) is 15.9 Å². The molecule has 0 heterocycles. The van der Waals surface area contributed by atoms with Crippen LogP contribution < -0.4 is 9.47 Å². The van der Waals surface area contributed by atoms with Gasteiger partial charge in [-0.1, -0.05) is 12.1 Å². The number of methoxy groups -OCH3 is 2. The Kier molecular flexibility index (Phi) is 8.57. The maximum atomic E-state index is 5.74. The molecule has 6 heteroatoms. The summed E-state index contributed by atoms with van der Waals surface area (Å²) in [6.07, 6.45) is 0.876. The van der Waals surface area contributed by atoms with Gasteiger partial charge in [-0.05, 0) is 87.0 Å². The number of benzene rings is 2. The highest BCUT2D eigenvalue weighted by Gasteiger charge is 2.10. The van der Waals surface area contributed by atoms with Crippen molar-refractivity contribution in [2.45, 2.75) is 6.42 Å². The van der Waals surface area contributed by atoms with E-state index >= 15 is 0 Å². The van der Waals surface area contributed by atoms with Crippen molar-refractivity contribution < 1.29 is 18.9 Å². The zero-order valence-electron chi connectivity index (χ0n) is 13.7. The van der Waals surface area contributed by atoms with Crippen LogP contribution in [0.15, 0.2) is 36.4 Å². The highest BCUT2D eigenvalue weighted by Crippen LogP contribution is 2.30. The lowest BCUT2D eigenvalue weighted by Gasteiger charge is -2.13. The third kappa shape index (κ3) is 6.05. The second-order valence-electron chi connectivity index (χ2n) is 5.08. The van der Waals surface area contributed by atoms with Gasteiger partial charge in [-0.2, -0.15) is 0 Å². The van der Waals surface area contributed by atoms with Crippen molar-refractivity contribution in [2.75, 3.05) is 34.2 Å². The fourth-order valence-corrected chi connectivity index (χ4v) is 4.34. The van der Waals surface area contributed by atoms with Crippen molar-refractivity contribution >= 4 is 45.2 Å². The summed E-state index contributed by atoms with van der Waals surface area (Å²) in [5.41, 5.74) is 2.50. The van der Waals surface area contributed by atoms with Crippen LogP contribution in [0.2, 0.25) is 0 Å². The van der Waals surface area contributed by atoms with Gasteiger partial charge in [0.1, 0.15) is 11.5 Å². The summed E-state index contributed by atoms with van der Waals surface area (Å²) in [6, 6.07) is 12.5. The molecule has 0 N–H and O–H groups in total. The first-order valence-electron chi connectivity index (χ1n) is 7.44. The van der Waals surface area contributed by atoms with Gasteiger partial charge in [0.05, 0.1) is 27.5 Å². The molecule has 0 fully saturated rings. The van der Waals surface area contributed by atoms with Crippen molar-refractivity contribution in [3.8, 4) is 11.5 Å². The van der Waals surface area contributed by atoms with Crippen LogP contribution in [-0.4, -0.2) is 34.2 Å². The topological polar surface area (TPSA) is 36.9 Å². The molecule has 130 valence electrons. The van der Waals surface area contributed by atoms with Crippen LogP contribution in [0, 0.1) is 7.14 Å². The van der Waals surface area contributed by atoms with E-state index in [1.54, 1.807) is 14.2 Å². The standard InChI is InChI=1S/C18H20I2O4/c1-21-7-8-23-12-24-18-16(19)10-14(11-17(18)20)9-13-3-5-15(22-2)6-4-13/h3-6,10-11H,7-9,12H2,1-2H3. The zero-order valence-corrected chi connectivity index (χ0v) is 18.0. The number of hydrogen-bond donors (Lipinski definition) is 0. The summed E-state index contributed by atoms with van der Waals surface area (Å²) >= 11 is 4.61. The van der Waals surface area contributed by atoms with Crippen molar-refractivity contribution in [3.63, 3.8) is 0 Å². The first kappa shape index (κ1) is 19.7. The van der Waals surface area contributed by atoms with E-state index in [1.807, 2.05) is 12.1 Å². The third-order valence-electron chi connectivity index (χ3n) is 3.34. The molecule has 0 aliphatic carbocycles. The van der Waals surface area contributed by atoms with Gasteiger partial charge in [0.15, 0.2) is 6.79 Å². The third-order valence-corrected chi connectivity index (χ3v) is 4.95. The molecule has 0 amide bonds. The second kappa shape index (κ2) is 10.4. The lowest BCUT2D eigenvalue weighted by atomic mass is 10.0. The minimum atomic E-state index is 0.229. The molecule has 2 aromatic carbocycles. The molecule has 4 nitrogen and oxygen atoms in total. The molecule has 0 radical (unpaired) electrons. The summed E-state index contributed by atoms with van der Waals surface area (Å²) in [4.78, 5) is 0. The van der Waals surface area contributed by atoms with E-state index in [2.05, 4.69) is 69.4 Å². The van der Waals surface area contributed by atoms with Crippen LogP contribution in [0.5, 0.6) is 11.5 Å².